The molecule has 1 atom stereocenters. The Morgan fingerprint density at radius 3 is 2.67 bits per heavy atom. The molecular weight excluding hydrogens is 284 g/mol. The highest BCUT2D eigenvalue weighted by Gasteiger charge is 2.30. The molecule has 1 aromatic rings. The lowest BCUT2D eigenvalue weighted by atomic mass is 9.99. The highest BCUT2D eigenvalue weighted by atomic mass is 35.5. The van der Waals surface area contributed by atoms with E-state index in [1.165, 1.54) is 45.3 Å². The Labute approximate surface area is 132 Å². The summed E-state index contributed by atoms with van der Waals surface area (Å²) in [6.07, 6.45) is 5.42. The van der Waals surface area contributed by atoms with E-state index < -0.39 is 0 Å². The van der Waals surface area contributed by atoms with Crippen LogP contribution in [0.1, 0.15) is 25.7 Å². The molecule has 116 valence electrons. The van der Waals surface area contributed by atoms with Gasteiger partial charge in [0.05, 0.1) is 0 Å². The maximum absolute atomic E-state index is 5.88. The van der Waals surface area contributed by atoms with Crippen LogP contribution in [0.25, 0.3) is 0 Å². The van der Waals surface area contributed by atoms with E-state index in [1.54, 1.807) is 0 Å². The Kier molecular flexibility index (Phi) is 5.39. The molecule has 4 heteroatoms. The molecule has 2 aliphatic rings. The quantitative estimate of drug-likeness (QED) is 0.837. The number of nitrogens with one attached hydrogen (secondary N) is 1. The van der Waals surface area contributed by atoms with Crippen molar-refractivity contribution >= 4 is 11.6 Å². The van der Waals surface area contributed by atoms with Gasteiger partial charge in [0.2, 0.25) is 0 Å². The Bertz CT molecular complexity index is 427. The van der Waals surface area contributed by atoms with E-state index >= 15 is 0 Å². The van der Waals surface area contributed by atoms with E-state index in [4.69, 9.17) is 16.3 Å². The molecule has 2 fully saturated rings. The summed E-state index contributed by atoms with van der Waals surface area (Å²) in [5, 5.41) is 4.27. The van der Waals surface area contributed by atoms with E-state index in [-0.39, 0.29) is 0 Å². The minimum Gasteiger partial charge on any atom is -0.492 e. The van der Waals surface area contributed by atoms with Crippen molar-refractivity contribution in [1.29, 1.82) is 0 Å². The van der Waals surface area contributed by atoms with E-state index in [0.29, 0.717) is 0 Å². The van der Waals surface area contributed by atoms with Gasteiger partial charge in [-0.1, -0.05) is 11.6 Å². The van der Waals surface area contributed by atoms with E-state index in [0.717, 1.165) is 35.9 Å². The van der Waals surface area contributed by atoms with Crippen LogP contribution in [0.3, 0.4) is 0 Å². The van der Waals surface area contributed by atoms with Crippen LogP contribution in [0.5, 0.6) is 5.75 Å². The second-order valence-corrected chi connectivity index (χ2v) is 6.68. The Morgan fingerprint density at radius 2 is 2.00 bits per heavy atom. The van der Waals surface area contributed by atoms with Crippen LogP contribution in [0.2, 0.25) is 5.02 Å². The van der Waals surface area contributed by atoms with Gasteiger partial charge in [0.25, 0.3) is 0 Å². The van der Waals surface area contributed by atoms with Crippen LogP contribution in [-0.4, -0.2) is 43.7 Å². The van der Waals surface area contributed by atoms with Gasteiger partial charge in [-0.2, -0.15) is 0 Å². The number of nitrogens with zero attached hydrogens (tertiary/aromatic N) is 1. The second kappa shape index (κ2) is 7.48. The normalized spacial score (nSPS) is 22.5. The van der Waals surface area contributed by atoms with Gasteiger partial charge in [-0.05, 0) is 69.0 Å². The molecule has 1 aliphatic heterocycles. The number of piperidine rings is 1. The third kappa shape index (κ3) is 4.87. The number of hydrogen-bond acceptors (Lipinski definition) is 3. The van der Waals surface area contributed by atoms with Crippen molar-refractivity contribution in [2.45, 2.75) is 31.7 Å². The molecule has 3 rings (SSSR count). The van der Waals surface area contributed by atoms with Gasteiger partial charge >= 0.3 is 0 Å². The molecule has 0 spiro atoms. The summed E-state index contributed by atoms with van der Waals surface area (Å²) in [7, 11) is 0. The van der Waals surface area contributed by atoms with Gasteiger partial charge < -0.3 is 10.1 Å². The molecule has 0 aromatic heterocycles. The first-order chi connectivity index (χ1) is 10.3. The molecule has 1 saturated carbocycles. The average Bonchev–Trinajstić information content (AvgIpc) is 3.34. The summed E-state index contributed by atoms with van der Waals surface area (Å²) in [4.78, 5) is 2.63. The maximum atomic E-state index is 5.88. The number of rotatable bonds is 7. The van der Waals surface area contributed by atoms with Crippen LogP contribution >= 0.6 is 11.6 Å². The zero-order valence-electron chi connectivity index (χ0n) is 12.6. The van der Waals surface area contributed by atoms with Gasteiger partial charge in [0.1, 0.15) is 12.4 Å². The Hall–Kier alpha value is -0.770. The number of hydrogen-bond donors (Lipinski definition) is 1. The predicted molar refractivity (Wildman–Crippen MR) is 87.1 cm³/mol. The van der Waals surface area contributed by atoms with E-state index in [1.807, 2.05) is 24.3 Å². The van der Waals surface area contributed by atoms with Crippen molar-refractivity contribution in [3.63, 3.8) is 0 Å². The summed E-state index contributed by atoms with van der Waals surface area (Å²) in [5.41, 5.74) is 0. The maximum Gasteiger partial charge on any atom is 0.119 e. The van der Waals surface area contributed by atoms with Crippen molar-refractivity contribution in [2.24, 2.45) is 5.92 Å². The van der Waals surface area contributed by atoms with Crippen molar-refractivity contribution in [3.8, 4) is 5.75 Å². The largest absolute Gasteiger partial charge is 0.492 e. The molecule has 1 unspecified atom stereocenters. The number of halogens is 1. The molecule has 0 bridgehead atoms. The summed E-state index contributed by atoms with van der Waals surface area (Å²) in [6, 6.07) is 8.44. The second-order valence-electron chi connectivity index (χ2n) is 6.24. The van der Waals surface area contributed by atoms with Gasteiger partial charge in [0.15, 0.2) is 0 Å². The van der Waals surface area contributed by atoms with Gasteiger partial charge in [-0.15, -0.1) is 0 Å². The first kappa shape index (κ1) is 15.1. The molecule has 1 aromatic carbocycles. The number of benzene rings is 1. The third-order valence-corrected chi connectivity index (χ3v) is 4.67. The minimum atomic E-state index is 0.756. The highest BCUT2D eigenvalue weighted by Crippen LogP contribution is 2.28. The van der Waals surface area contributed by atoms with Crippen LogP contribution in [-0.2, 0) is 0 Å². The molecule has 1 N–H and O–H groups in total. The minimum absolute atomic E-state index is 0.756. The SMILES string of the molecule is Clc1ccc(OCCN(CC2CCCNC2)C2CC2)cc1. The Morgan fingerprint density at radius 1 is 1.19 bits per heavy atom. The molecule has 3 nitrogen and oxygen atoms in total. The summed E-state index contributed by atoms with van der Waals surface area (Å²) in [5.74, 6) is 1.73. The standard InChI is InChI=1S/C17H25ClN2O/c18-15-3-7-17(8-4-15)21-11-10-20(16-5-6-16)13-14-2-1-9-19-12-14/h3-4,7-8,14,16,19H,1-2,5-6,9-13H2. The van der Waals surface area contributed by atoms with Crippen LogP contribution in [0, 0.1) is 5.92 Å². The van der Waals surface area contributed by atoms with Crippen molar-refractivity contribution in [3.05, 3.63) is 29.3 Å². The van der Waals surface area contributed by atoms with Crippen molar-refractivity contribution in [2.75, 3.05) is 32.8 Å². The van der Waals surface area contributed by atoms with Crippen molar-refractivity contribution in [1.82, 2.24) is 10.2 Å². The van der Waals surface area contributed by atoms with Gasteiger partial charge in [-0.25, -0.2) is 0 Å². The molecule has 1 aliphatic carbocycles. The van der Waals surface area contributed by atoms with E-state index in [2.05, 4.69) is 10.2 Å². The van der Waals surface area contributed by atoms with Crippen LogP contribution in [0.15, 0.2) is 24.3 Å². The average molecular weight is 309 g/mol. The lowest BCUT2D eigenvalue weighted by molar-refractivity contribution is 0.166. The fourth-order valence-electron chi connectivity index (χ4n) is 3.09. The van der Waals surface area contributed by atoms with Gasteiger partial charge in [0, 0.05) is 24.2 Å². The first-order valence-electron chi connectivity index (χ1n) is 8.14. The third-order valence-electron chi connectivity index (χ3n) is 4.42. The smallest absolute Gasteiger partial charge is 0.119 e. The monoisotopic (exact) mass is 308 g/mol. The van der Waals surface area contributed by atoms with Crippen LogP contribution in [0.4, 0.5) is 0 Å². The van der Waals surface area contributed by atoms with E-state index in [9.17, 15) is 0 Å². The molecule has 0 amide bonds. The Balaban J connectivity index is 1.43. The zero-order valence-corrected chi connectivity index (χ0v) is 13.3. The lowest BCUT2D eigenvalue weighted by Gasteiger charge is -2.30. The highest BCUT2D eigenvalue weighted by molar-refractivity contribution is 6.30. The molecule has 21 heavy (non-hydrogen) atoms. The fraction of sp³-hybridized carbons (Fsp3) is 0.647. The number of ether oxygens (including phenoxy) is 1. The summed E-state index contributed by atoms with van der Waals surface area (Å²) < 4.78 is 5.84. The zero-order chi connectivity index (χ0) is 14.5. The lowest BCUT2D eigenvalue weighted by Crippen LogP contribution is -2.40. The molecule has 1 heterocycles. The fourth-order valence-corrected chi connectivity index (χ4v) is 3.21. The summed E-state index contributed by atoms with van der Waals surface area (Å²) >= 11 is 5.88. The molecule has 1 saturated heterocycles. The first-order valence-corrected chi connectivity index (χ1v) is 8.52. The predicted octanol–water partition coefficient (Wildman–Crippen LogP) is 3.18. The molecule has 0 radical (unpaired) electrons. The van der Waals surface area contributed by atoms with Gasteiger partial charge in [-0.3, -0.25) is 4.90 Å². The summed E-state index contributed by atoms with van der Waals surface area (Å²) in [6.45, 7) is 5.39. The van der Waals surface area contributed by atoms with Crippen molar-refractivity contribution < 1.29 is 4.74 Å². The van der Waals surface area contributed by atoms with Crippen LogP contribution < -0.4 is 10.1 Å². The molecular formula is C17H25ClN2O. The topological polar surface area (TPSA) is 24.5 Å².